The predicted molar refractivity (Wildman–Crippen MR) is 106 cm³/mol. The highest BCUT2D eigenvalue weighted by Crippen LogP contribution is 2.11. The maximum atomic E-state index is 12.5. The summed E-state index contributed by atoms with van der Waals surface area (Å²) in [7, 11) is 0. The summed E-state index contributed by atoms with van der Waals surface area (Å²) in [5, 5.41) is 1.76. The Morgan fingerprint density at radius 2 is 1.12 bits per heavy atom. The number of alkyl halides is 2. The zero-order valence-corrected chi connectivity index (χ0v) is 17.6. The molecule has 0 spiro atoms. The molecule has 2 amide bonds. The number of benzene rings is 1. The molecule has 0 N–H and O–H groups in total. The molecule has 0 saturated heterocycles. The fourth-order valence-corrected chi connectivity index (χ4v) is 2.93. The van der Waals surface area contributed by atoms with E-state index >= 15 is 0 Å². The Kier molecular flexibility index (Phi) is 10.3. The molecule has 0 bridgehead atoms. The number of hydrogen-bond acceptors (Lipinski definition) is 2. The first-order valence-corrected chi connectivity index (χ1v) is 10.6. The van der Waals surface area contributed by atoms with E-state index in [9.17, 15) is 9.59 Å². The van der Waals surface area contributed by atoms with Gasteiger partial charge in [-0.3, -0.25) is 9.59 Å². The minimum absolute atomic E-state index is 0.0177. The summed E-state index contributed by atoms with van der Waals surface area (Å²) in [5.41, 5.74) is 1.26. The summed E-state index contributed by atoms with van der Waals surface area (Å²) in [6.07, 6.45) is 1.85. The lowest BCUT2D eigenvalue weighted by atomic mass is 10.1. The quantitative estimate of drug-likeness (QED) is 0.490. The largest absolute Gasteiger partial charge is 0.339 e. The molecule has 0 aliphatic heterocycles. The van der Waals surface area contributed by atoms with E-state index in [4.69, 9.17) is 0 Å². The second kappa shape index (κ2) is 11.6. The SMILES string of the molecule is CCN(CCCBr)C(=O)c1ccc(C(=O)N(CC)CCCBr)cc1. The lowest BCUT2D eigenvalue weighted by Crippen LogP contribution is -2.33. The second-order valence-corrected chi connectivity index (χ2v) is 7.02. The van der Waals surface area contributed by atoms with Gasteiger partial charge in [0.15, 0.2) is 0 Å². The molecule has 1 rings (SSSR count). The fraction of sp³-hybridized carbons (Fsp3) is 0.556. The van der Waals surface area contributed by atoms with Crippen molar-refractivity contribution in [3.8, 4) is 0 Å². The van der Waals surface area contributed by atoms with E-state index in [1.165, 1.54) is 0 Å². The van der Waals surface area contributed by atoms with Gasteiger partial charge in [0.1, 0.15) is 0 Å². The molecule has 24 heavy (non-hydrogen) atoms. The van der Waals surface area contributed by atoms with Crippen molar-refractivity contribution in [3.63, 3.8) is 0 Å². The topological polar surface area (TPSA) is 40.6 Å². The van der Waals surface area contributed by atoms with Crippen molar-refractivity contribution in [3.05, 3.63) is 35.4 Å². The van der Waals surface area contributed by atoms with Crippen LogP contribution in [0.25, 0.3) is 0 Å². The Morgan fingerprint density at radius 3 is 1.38 bits per heavy atom. The zero-order chi connectivity index (χ0) is 17.9. The van der Waals surface area contributed by atoms with Crippen LogP contribution < -0.4 is 0 Å². The number of carbonyl (C=O) groups is 2. The molecule has 134 valence electrons. The van der Waals surface area contributed by atoms with Crippen molar-refractivity contribution in [1.29, 1.82) is 0 Å². The molecule has 6 heteroatoms. The number of carbonyl (C=O) groups excluding carboxylic acids is 2. The van der Waals surface area contributed by atoms with Gasteiger partial charge in [-0.25, -0.2) is 0 Å². The monoisotopic (exact) mass is 460 g/mol. The molecule has 0 radical (unpaired) electrons. The first-order valence-electron chi connectivity index (χ1n) is 8.39. The molecule has 0 fully saturated rings. The Bertz CT molecular complexity index is 473. The van der Waals surface area contributed by atoms with Crippen LogP contribution in [0, 0.1) is 0 Å². The number of amides is 2. The van der Waals surface area contributed by atoms with Crippen molar-refractivity contribution in [2.75, 3.05) is 36.8 Å². The summed E-state index contributed by atoms with van der Waals surface area (Å²) in [4.78, 5) is 28.7. The van der Waals surface area contributed by atoms with Crippen molar-refractivity contribution in [2.45, 2.75) is 26.7 Å². The lowest BCUT2D eigenvalue weighted by Gasteiger charge is -2.22. The van der Waals surface area contributed by atoms with Gasteiger partial charge in [0, 0.05) is 48.0 Å². The summed E-state index contributed by atoms with van der Waals surface area (Å²) >= 11 is 6.79. The summed E-state index contributed by atoms with van der Waals surface area (Å²) in [6.45, 7) is 6.79. The smallest absolute Gasteiger partial charge is 0.253 e. The van der Waals surface area contributed by atoms with E-state index in [2.05, 4.69) is 31.9 Å². The van der Waals surface area contributed by atoms with Crippen LogP contribution in [0.3, 0.4) is 0 Å². The Balaban J connectivity index is 2.80. The third-order valence-electron chi connectivity index (χ3n) is 3.84. The molecule has 0 heterocycles. The van der Waals surface area contributed by atoms with Gasteiger partial charge in [-0.15, -0.1) is 0 Å². The number of rotatable bonds is 10. The highest BCUT2D eigenvalue weighted by atomic mass is 79.9. The number of halogens is 2. The van der Waals surface area contributed by atoms with E-state index in [1.54, 1.807) is 24.3 Å². The van der Waals surface area contributed by atoms with Crippen molar-refractivity contribution < 1.29 is 9.59 Å². The van der Waals surface area contributed by atoms with Gasteiger partial charge in [0.05, 0.1) is 0 Å². The molecule has 1 aromatic carbocycles. The first-order chi connectivity index (χ1) is 11.6. The van der Waals surface area contributed by atoms with Crippen molar-refractivity contribution in [1.82, 2.24) is 9.80 Å². The Hall–Kier alpha value is -0.880. The molecule has 4 nitrogen and oxygen atoms in total. The van der Waals surface area contributed by atoms with Gasteiger partial charge >= 0.3 is 0 Å². The van der Waals surface area contributed by atoms with Crippen LogP contribution in [0.2, 0.25) is 0 Å². The molecular weight excluding hydrogens is 436 g/mol. The average Bonchev–Trinajstić information content (AvgIpc) is 2.62. The molecule has 0 saturated carbocycles. The first kappa shape index (κ1) is 21.2. The molecule has 0 aliphatic rings. The van der Waals surface area contributed by atoms with Crippen LogP contribution in [-0.2, 0) is 0 Å². The summed E-state index contributed by atoms with van der Waals surface area (Å²) < 4.78 is 0. The van der Waals surface area contributed by atoms with Crippen LogP contribution in [-0.4, -0.2) is 58.5 Å². The van der Waals surface area contributed by atoms with Crippen molar-refractivity contribution >= 4 is 43.7 Å². The standard InChI is InChI=1S/C18H26Br2N2O2/c1-3-21(13-5-11-19)17(23)15-7-9-16(10-8-15)18(24)22(4-2)14-6-12-20/h7-10H,3-6,11-14H2,1-2H3. The minimum Gasteiger partial charge on any atom is -0.339 e. The zero-order valence-electron chi connectivity index (χ0n) is 14.4. The number of nitrogens with zero attached hydrogens (tertiary/aromatic N) is 2. The van der Waals surface area contributed by atoms with Gasteiger partial charge in [-0.1, -0.05) is 31.9 Å². The van der Waals surface area contributed by atoms with Crippen LogP contribution in [0.1, 0.15) is 47.4 Å². The van der Waals surface area contributed by atoms with Crippen LogP contribution in [0.5, 0.6) is 0 Å². The van der Waals surface area contributed by atoms with E-state index in [0.717, 1.165) is 36.6 Å². The van der Waals surface area contributed by atoms with Gasteiger partial charge in [0.25, 0.3) is 11.8 Å². The molecule has 0 aliphatic carbocycles. The average molecular weight is 462 g/mol. The molecule has 0 aromatic heterocycles. The highest BCUT2D eigenvalue weighted by molar-refractivity contribution is 9.09. The predicted octanol–water partition coefficient (Wildman–Crippen LogP) is 4.18. The fourth-order valence-electron chi connectivity index (χ4n) is 2.43. The van der Waals surface area contributed by atoms with E-state index < -0.39 is 0 Å². The van der Waals surface area contributed by atoms with E-state index in [-0.39, 0.29) is 11.8 Å². The summed E-state index contributed by atoms with van der Waals surface area (Å²) in [5.74, 6) is 0.0353. The lowest BCUT2D eigenvalue weighted by molar-refractivity contribution is 0.0753. The van der Waals surface area contributed by atoms with Crippen molar-refractivity contribution in [2.24, 2.45) is 0 Å². The molecular formula is C18H26Br2N2O2. The normalized spacial score (nSPS) is 10.5. The molecule has 1 aromatic rings. The van der Waals surface area contributed by atoms with E-state index in [1.807, 2.05) is 23.6 Å². The minimum atomic E-state index is 0.0177. The van der Waals surface area contributed by atoms with Crippen LogP contribution >= 0.6 is 31.9 Å². The number of hydrogen-bond donors (Lipinski definition) is 0. The van der Waals surface area contributed by atoms with Gasteiger partial charge in [-0.2, -0.15) is 0 Å². The van der Waals surface area contributed by atoms with Gasteiger partial charge in [0.2, 0.25) is 0 Å². The van der Waals surface area contributed by atoms with Gasteiger partial charge < -0.3 is 9.80 Å². The van der Waals surface area contributed by atoms with Gasteiger partial charge in [-0.05, 0) is 51.0 Å². The third-order valence-corrected chi connectivity index (χ3v) is 4.96. The van der Waals surface area contributed by atoms with Crippen LogP contribution in [0.4, 0.5) is 0 Å². The highest BCUT2D eigenvalue weighted by Gasteiger charge is 2.16. The molecule has 0 unspecified atom stereocenters. The Labute approximate surface area is 161 Å². The molecule has 0 atom stereocenters. The van der Waals surface area contributed by atoms with E-state index in [0.29, 0.717) is 24.2 Å². The summed E-state index contributed by atoms with van der Waals surface area (Å²) in [6, 6.07) is 7.02. The Morgan fingerprint density at radius 1 is 0.792 bits per heavy atom. The maximum Gasteiger partial charge on any atom is 0.253 e. The maximum absolute atomic E-state index is 12.5. The third kappa shape index (κ3) is 6.20. The van der Waals surface area contributed by atoms with Crippen LogP contribution in [0.15, 0.2) is 24.3 Å². The second-order valence-electron chi connectivity index (χ2n) is 5.43.